The summed E-state index contributed by atoms with van der Waals surface area (Å²) in [6.45, 7) is 6.66. The Kier molecular flexibility index (Phi) is 51.7. The number of carbonyl (C=O) groups is 3. The van der Waals surface area contributed by atoms with Crippen molar-refractivity contribution in [2.45, 2.75) is 316 Å². The van der Waals surface area contributed by atoms with Crippen LogP contribution in [0.25, 0.3) is 0 Å². The molecule has 0 radical (unpaired) electrons. The molecule has 0 rings (SSSR count). The van der Waals surface area contributed by atoms with Gasteiger partial charge < -0.3 is 14.2 Å². The second kappa shape index (κ2) is 53.5. The smallest absolute Gasteiger partial charge is 0.306 e. The molecule has 1 unspecified atom stereocenters. The van der Waals surface area contributed by atoms with Gasteiger partial charge in [0.25, 0.3) is 0 Å². The van der Waals surface area contributed by atoms with Gasteiger partial charge in [-0.05, 0) is 44.9 Å². The molecule has 0 aliphatic carbocycles. The van der Waals surface area contributed by atoms with Gasteiger partial charge in [0, 0.05) is 19.3 Å². The quantitative estimate of drug-likeness (QED) is 0.0262. The fourth-order valence-corrected chi connectivity index (χ4v) is 8.44. The zero-order valence-corrected chi connectivity index (χ0v) is 43.1. The van der Waals surface area contributed by atoms with Crippen LogP contribution < -0.4 is 0 Å². The predicted octanol–water partition coefficient (Wildman–Crippen LogP) is 18.7. The molecule has 0 spiro atoms. The molecule has 0 N–H and O–H groups in total. The Morgan fingerprint density at radius 3 is 0.828 bits per heavy atom. The summed E-state index contributed by atoms with van der Waals surface area (Å²) in [7, 11) is 0. The molecule has 6 heteroatoms. The molecular formula is C58H108O6. The molecule has 0 saturated carbocycles. The normalized spacial score (nSPS) is 12.1. The highest BCUT2D eigenvalue weighted by molar-refractivity contribution is 5.71. The third-order valence-corrected chi connectivity index (χ3v) is 12.7. The monoisotopic (exact) mass is 901 g/mol. The fraction of sp³-hybridized carbons (Fsp3) is 0.879. The van der Waals surface area contributed by atoms with Crippen LogP contribution in [0.2, 0.25) is 0 Å². The number of unbranched alkanes of at least 4 members (excludes halogenated alkanes) is 38. The first kappa shape index (κ1) is 61.9. The zero-order chi connectivity index (χ0) is 46.5. The average molecular weight is 901 g/mol. The molecule has 0 aliphatic heterocycles. The zero-order valence-electron chi connectivity index (χ0n) is 43.1. The van der Waals surface area contributed by atoms with Gasteiger partial charge in [-0.25, -0.2) is 0 Å². The van der Waals surface area contributed by atoms with E-state index in [9.17, 15) is 14.4 Å². The number of rotatable bonds is 52. The van der Waals surface area contributed by atoms with E-state index in [-0.39, 0.29) is 31.1 Å². The Balaban J connectivity index is 4.34. The molecule has 6 nitrogen and oxygen atoms in total. The molecule has 1 atom stereocenters. The maximum atomic E-state index is 12.8. The van der Waals surface area contributed by atoms with Crippen molar-refractivity contribution in [2.75, 3.05) is 13.2 Å². The summed E-state index contributed by atoms with van der Waals surface area (Å²) in [5.41, 5.74) is 0. The Bertz CT molecular complexity index is 1040. The summed E-state index contributed by atoms with van der Waals surface area (Å²) >= 11 is 0. The molecule has 0 aliphatic rings. The van der Waals surface area contributed by atoms with E-state index in [1.807, 2.05) is 0 Å². The SMILES string of the molecule is CCCCCCCCC/C=C\C=C/CCCCCCCC(=O)OCC(COC(=O)CCCCCCCCCCCCCC)OC(=O)CCCCCCCCCCCCCCCCCC. The minimum absolute atomic E-state index is 0.0709. The van der Waals surface area contributed by atoms with E-state index < -0.39 is 6.10 Å². The predicted molar refractivity (Wildman–Crippen MR) is 275 cm³/mol. The molecule has 0 bridgehead atoms. The van der Waals surface area contributed by atoms with E-state index in [2.05, 4.69) is 45.1 Å². The molecule has 0 saturated heterocycles. The number of allylic oxidation sites excluding steroid dienone is 4. The van der Waals surface area contributed by atoms with E-state index in [4.69, 9.17) is 14.2 Å². The highest BCUT2D eigenvalue weighted by Gasteiger charge is 2.19. The molecule has 64 heavy (non-hydrogen) atoms. The van der Waals surface area contributed by atoms with Crippen molar-refractivity contribution in [3.8, 4) is 0 Å². The molecule has 0 aromatic rings. The Labute approximate surface area is 398 Å². The second-order valence-corrected chi connectivity index (χ2v) is 19.2. The number of hydrogen-bond acceptors (Lipinski definition) is 6. The van der Waals surface area contributed by atoms with Crippen molar-refractivity contribution in [3.63, 3.8) is 0 Å². The maximum absolute atomic E-state index is 12.8. The van der Waals surface area contributed by atoms with Crippen LogP contribution in [0.4, 0.5) is 0 Å². The minimum atomic E-state index is -0.772. The lowest BCUT2D eigenvalue weighted by Crippen LogP contribution is -2.30. The largest absolute Gasteiger partial charge is 0.462 e. The van der Waals surface area contributed by atoms with Gasteiger partial charge in [0.1, 0.15) is 13.2 Å². The van der Waals surface area contributed by atoms with Crippen LogP contribution in [0.5, 0.6) is 0 Å². The number of carbonyl (C=O) groups excluding carboxylic acids is 3. The van der Waals surface area contributed by atoms with Crippen molar-refractivity contribution >= 4 is 17.9 Å². The number of hydrogen-bond donors (Lipinski definition) is 0. The highest BCUT2D eigenvalue weighted by atomic mass is 16.6. The van der Waals surface area contributed by atoms with Crippen LogP contribution in [0.1, 0.15) is 310 Å². The van der Waals surface area contributed by atoms with Crippen molar-refractivity contribution in [3.05, 3.63) is 24.3 Å². The summed E-state index contributed by atoms with van der Waals surface area (Å²) in [6.07, 6.45) is 61.6. The van der Waals surface area contributed by atoms with E-state index in [0.29, 0.717) is 19.3 Å². The van der Waals surface area contributed by atoms with Crippen LogP contribution in [0, 0.1) is 0 Å². The molecular weight excluding hydrogens is 793 g/mol. The standard InChI is InChI=1S/C58H108O6/c1-4-7-10-13-16-19-22-25-27-29-30-32-33-36-39-42-45-48-51-57(60)63-54-55(53-62-56(59)50-47-44-41-38-35-24-21-18-15-12-9-6-3)64-58(61)52-49-46-43-40-37-34-31-28-26-23-20-17-14-11-8-5-2/h27,29-30,32,55H,4-26,28,31,33-54H2,1-3H3/b29-27-,32-30-. The average Bonchev–Trinajstić information content (AvgIpc) is 3.29. The first-order valence-corrected chi connectivity index (χ1v) is 28.4. The molecule has 0 aromatic carbocycles. The first-order chi connectivity index (χ1) is 31.5. The van der Waals surface area contributed by atoms with Crippen molar-refractivity contribution < 1.29 is 28.6 Å². The Morgan fingerprint density at radius 2 is 0.547 bits per heavy atom. The Hall–Kier alpha value is -2.11. The molecule has 0 amide bonds. The summed E-state index contributed by atoms with van der Waals surface area (Å²) in [4.78, 5) is 38.1. The summed E-state index contributed by atoms with van der Waals surface area (Å²) < 4.78 is 16.8. The minimum Gasteiger partial charge on any atom is -0.462 e. The summed E-state index contributed by atoms with van der Waals surface area (Å²) in [6, 6.07) is 0. The lowest BCUT2D eigenvalue weighted by Gasteiger charge is -2.18. The van der Waals surface area contributed by atoms with Crippen LogP contribution in [-0.2, 0) is 28.6 Å². The van der Waals surface area contributed by atoms with Gasteiger partial charge in [0.15, 0.2) is 6.10 Å². The fourth-order valence-electron chi connectivity index (χ4n) is 8.44. The van der Waals surface area contributed by atoms with E-state index in [1.54, 1.807) is 0 Å². The van der Waals surface area contributed by atoms with Crippen molar-refractivity contribution in [2.24, 2.45) is 0 Å². The van der Waals surface area contributed by atoms with Gasteiger partial charge in [-0.2, -0.15) is 0 Å². The van der Waals surface area contributed by atoms with Crippen LogP contribution in [-0.4, -0.2) is 37.2 Å². The summed E-state index contributed by atoms with van der Waals surface area (Å²) in [5, 5.41) is 0. The van der Waals surface area contributed by atoms with Crippen molar-refractivity contribution in [1.29, 1.82) is 0 Å². The number of ether oxygens (including phenoxy) is 3. The first-order valence-electron chi connectivity index (χ1n) is 28.4. The van der Waals surface area contributed by atoms with E-state index in [0.717, 1.165) is 77.0 Å². The van der Waals surface area contributed by atoms with Gasteiger partial charge in [-0.15, -0.1) is 0 Å². The molecule has 0 heterocycles. The van der Waals surface area contributed by atoms with Gasteiger partial charge in [-0.1, -0.05) is 270 Å². The molecule has 376 valence electrons. The maximum Gasteiger partial charge on any atom is 0.306 e. The van der Waals surface area contributed by atoms with Gasteiger partial charge >= 0.3 is 17.9 Å². The van der Waals surface area contributed by atoms with Gasteiger partial charge in [0.2, 0.25) is 0 Å². The third-order valence-electron chi connectivity index (χ3n) is 12.7. The molecule has 0 aromatic heterocycles. The summed E-state index contributed by atoms with van der Waals surface area (Å²) in [5.74, 6) is -0.867. The lowest BCUT2D eigenvalue weighted by atomic mass is 10.0. The lowest BCUT2D eigenvalue weighted by molar-refractivity contribution is -0.167. The second-order valence-electron chi connectivity index (χ2n) is 19.2. The van der Waals surface area contributed by atoms with Crippen LogP contribution >= 0.6 is 0 Å². The highest BCUT2D eigenvalue weighted by Crippen LogP contribution is 2.17. The van der Waals surface area contributed by atoms with E-state index in [1.165, 1.54) is 193 Å². The van der Waals surface area contributed by atoms with Crippen LogP contribution in [0.3, 0.4) is 0 Å². The number of esters is 3. The molecule has 0 fully saturated rings. The van der Waals surface area contributed by atoms with Gasteiger partial charge in [-0.3, -0.25) is 14.4 Å². The topological polar surface area (TPSA) is 78.9 Å². The third kappa shape index (κ3) is 50.9. The Morgan fingerprint density at radius 1 is 0.312 bits per heavy atom. The van der Waals surface area contributed by atoms with E-state index >= 15 is 0 Å². The van der Waals surface area contributed by atoms with Crippen molar-refractivity contribution in [1.82, 2.24) is 0 Å². The van der Waals surface area contributed by atoms with Gasteiger partial charge in [0.05, 0.1) is 0 Å². The van der Waals surface area contributed by atoms with Crippen LogP contribution in [0.15, 0.2) is 24.3 Å².